The van der Waals surface area contributed by atoms with Gasteiger partial charge in [0.15, 0.2) is 0 Å². The van der Waals surface area contributed by atoms with Crippen LogP contribution in [0, 0.1) is 0 Å². The lowest BCUT2D eigenvalue weighted by molar-refractivity contribution is 0.331. The number of nitrogens with zero attached hydrogens (tertiary/aromatic N) is 3. The summed E-state index contributed by atoms with van der Waals surface area (Å²) in [6.07, 6.45) is 4.39. The quantitative estimate of drug-likeness (QED) is 0.925. The third-order valence-corrected chi connectivity index (χ3v) is 3.49. The average molecular weight is 263 g/mol. The number of likely N-dealkylation sites (tertiary alicyclic amines) is 1. The van der Waals surface area contributed by atoms with Crippen LogP contribution < -0.4 is 0 Å². The summed E-state index contributed by atoms with van der Waals surface area (Å²) in [6, 6.07) is 6.10. The Hall–Kier alpha value is -1.39. The highest BCUT2D eigenvalue weighted by Crippen LogP contribution is 2.24. The second-order valence-corrected chi connectivity index (χ2v) is 5.13. The van der Waals surface area contributed by atoms with Gasteiger partial charge < -0.3 is 0 Å². The van der Waals surface area contributed by atoms with Crippen molar-refractivity contribution in [1.29, 1.82) is 0 Å². The summed E-state index contributed by atoms with van der Waals surface area (Å²) in [4.78, 5) is 2.46. The minimum absolute atomic E-state index is 0.754. The zero-order chi connectivity index (χ0) is 12.4. The summed E-state index contributed by atoms with van der Waals surface area (Å²) in [7, 11) is 0. The number of benzene rings is 1. The molecule has 1 aromatic carbocycles. The SMILES string of the molecule is Clc1cc(CN2CCCC2)cc(-c2c[nH]nn2)c1. The number of hydrogen-bond donors (Lipinski definition) is 1. The number of rotatable bonds is 3. The maximum Gasteiger partial charge on any atom is 0.112 e. The molecule has 0 aliphatic carbocycles. The smallest absolute Gasteiger partial charge is 0.112 e. The van der Waals surface area contributed by atoms with E-state index in [9.17, 15) is 0 Å². The van der Waals surface area contributed by atoms with E-state index in [0.717, 1.165) is 22.8 Å². The minimum atomic E-state index is 0.754. The van der Waals surface area contributed by atoms with Gasteiger partial charge in [-0.05, 0) is 49.7 Å². The summed E-state index contributed by atoms with van der Waals surface area (Å²) in [5, 5.41) is 11.2. The topological polar surface area (TPSA) is 44.8 Å². The Labute approximate surface area is 111 Å². The standard InChI is InChI=1S/C13H15ClN4/c14-12-6-10(9-18-3-1-2-4-18)5-11(7-12)13-8-15-17-16-13/h5-8H,1-4,9H2,(H,15,16,17). The van der Waals surface area contributed by atoms with Crippen molar-refractivity contribution in [3.63, 3.8) is 0 Å². The zero-order valence-corrected chi connectivity index (χ0v) is 10.8. The Kier molecular flexibility index (Phi) is 3.30. The summed E-state index contributed by atoms with van der Waals surface area (Å²) >= 11 is 6.18. The predicted molar refractivity (Wildman–Crippen MR) is 71.3 cm³/mol. The monoisotopic (exact) mass is 262 g/mol. The molecule has 1 aromatic heterocycles. The number of aromatic amines is 1. The van der Waals surface area contributed by atoms with E-state index in [1.165, 1.54) is 31.5 Å². The van der Waals surface area contributed by atoms with Crippen molar-refractivity contribution in [3.8, 4) is 11.3 Å². The molecule has 0 spiro atoms. The molecule has 4 nitrogen and oxygen atoms in total. The Morgan fingerprint density at radius 2 is 2.06 bits per heavy atom. The first-order chi connectivity index (χ1) is 8.81. The van der Waals surface area contributed by atoms with Crippen LogP contribution >= 0.6 is 11.6 Å². The van der Waals surface area contributed by atoms with E-state index in [2.05, 4.69) is 26.4 Å². The van der Waals surface area contributed by atoms with Gasteiger partial charge in [-0.1, -0.05) is 16.8 Å². The van der Waals surface area contributed by atoms with Gasteiger partial charge in [0.2, 0.25) is 0 Å². The second-order valence-electron chi connectivity index (χ2n) is 4.69. The molecule has 0 amide bonds. The first kappa shape index (κ1) is 11.7. The number of aromatic nitrogens is 3. The number of halogens is 1. The van der Waals surface area contributed by atoms with Gasteiger partial charge in [0.05, 0.1) is 0 Å². The molecule has 1 aliphatic rings. The fraction of sp³-hybridized carbons (Fsp3) is 0.385. The van der Waals surface area contributed by atoms with Gasteiger partial charge in [0, 0.05) is 23.3 Å². The van der Waals surface area contributed by atoms with Crippen LogP contribution in [0.2, 0.25) is 5.02 Å². The van der Waals surface area contributed by atoms with Gasteiger partial charge >= 0.3 is 0 Å². The van der Waals surface area contributed by atoms with Gasteiger partial charge in [-0.25, -0.2) is 0 Å². The first-order valence-electron chi connectivity index (χ1n) is 6.20. The molecule has 3 rings (SSSR count). The van der Waals surface area contributed by atoms with Crippen molar-refractivity contribution < 1.29 is 0 Å². The Morgan fingerprint density at radius 1 is 1.22 bits per heavy atom. The Morgan fingerprint density at radius 3 is 2.78 bits per heavy atom. The van der Waals surface area contributed by atoms with E-state index in [1.54, 1.807) is 6.20 Å². The molecule has 0 unspecified atom stereocenters. The minimum Gasteiger partial charge on any atom is -0.299 e. The van der Waals surface area contributed by atoms with Gasteiger partial charge in [-0.2, -0.15) is 0 Å². The lowest BCUT2D eigenvalue weighted by Crippen LogP contribution is -2.18. The Balaban J connectivity index is 1.86. The van der Waals surface area contributed by atoms with Crippen LogP contribution in [0.4, 0.5) is 0 Å². The summed E-state index contributed by atoms with van der Waals surface area (Å²) in [5.41, 5.74) is 3.09. The highest BCUT2D eigenvalue weighted by Gasteiger charge is 2.13. The molecule has 1 N–H and O–H groups in total. The van der Waals surface area contributed by atoms with E-state index in [0.29, 0.717) is 0 Å². The van der Waals surface area contributed by atoms with Crippen LogP contribution in [-0.4, -0.2) is 33.4 Å². The van der Waals surface area contributed by atoms with Gasteiger partial charge in [0.25, 0.3) is 0 Å². The van der Waals surface area contributed by atoms with Crippen LogP contribution in [0.3, 0.4) is 0 Å². The maximum atomic E-state index is 6.18. The highest BCUT2D eigenvalue weighted by atomic mass is 35.5. The molecule has 1 saturated heterocycles. The molecule has 18 heavy (non-hydrogen) atoms. The Bertz CT molecular complexity index is 518. The molecule has 0 radical (unpaired) electrons. The average Bonchev–Trinajstić information content (AvgIpc) is 3.00. The van der Waals surface area contributed by atoms with Crippen molar-refractivity contribution in [1.82, 2.24) is 20.3 Å². The zero-order valence-electron chi connectivity index (χ0n) is 10.1. The number of nitrogens with one attached hydrogen (secondary N) is 1. The molecule has 5 heteroatoms. The number of hydrogen-bond acceptors (Lipinski definition) is 3. The van der Waals surface area contributed by atoms with Crippen molar-refractivity contribution in [3.05, 3.63) is 35.0 Å². The van der Waals surface area contributed by atoms with E-state index >= 15 is 0 Å². The third-order valence-electron chi connectivity index (χ3n) is 3.27. The van der Waals surface area contributed by atoms with Gasteiger partial charge in [0.1, 0.15) is 5.69 Å². The summed E-state index contributed by atoms with van der Waals surface area (Å²) < 4.78 is 0. The molecule has 1 aliphatic heterocycles. The van der Waals surface area contributed by atoms with Gasteiger partial charge in [-0.3, -0.25) is 10.00 Å². The largest absolute Gasteiger partial charge is 0.299 e. The third kappa shape index (κ3) is 2.54. The van der Waals surface area contributed by atoms with Crippen molar-refractivity contribution in [2.45, 2.75) is 19.4 Å². The van der Waals surface area contributed by atoms with Crippen molar-refractivity contribution in [2.24, 2.45) is 0 Å². The van der Waals surface area contributed by atoms with E-state index in [1.807, 2.05) is 12.1 Å². The van der Waals surface area contributed by atoms with Crippen molar-refractivity contribution >= 4 is 11.6 Å². The summed E-state index contributed by atoms with van der Waals surface area (Å²) in [5.74, 6) is 0. The van der Waals surface area contributed by atoms with Crippen LogP contribution in [-0.2, 0) is 6.54 Å². The second kappa shape index (κ2) is 5.08. The predicted octanol–water partition coefficient (Wildman–Crippen LogP) is 2.72. The summed E-state index contributed by atoms with van der Waals surface area (Å²) in [6.45, 7) is 3.34. The molecule has 2 heterocycles. The fourth-order valence-corrected chi connectivity index (χ4v) is 2.69. The fourth-order valence-electron chi connectivity index (χ4n) is 2.43. The maximum absolute atomic E-state index is 6.18. The first-order valence-corrected chi connectivity index (χ1v) is 6.58. The van der Waals surface area contributed by atoms with Crippen LogP contribution in [0.5, 0.6) is 0 Å². The van der Waals surface area contributed by atoms with E-state index in [-0.39, 0.29) is 0 Å². The van der Waals surface area contributed by atoms with Gasteiger partial charge in [-0.15, -0.1) is 5.10 Å². The van der Waals surface area contributed by atoms with E-state index in [4.69, 9.17) is 11.6 Å². The molecule has 0 bridgehead atoms. The lowest BCUT2D eigenvalue weighted by Gasteiger charge is -2.15. The molecule has 1 fully saturated rings. The molecular formula is C13H15ClN4. The molecular weight excluding hydrogens is 248 g/mol. The number of H-pyrrole nitrogens is 1. The van der Waals surface area contributed by atoms with Crippen LogP contribution in [0.15, 0.2) is 24.4 Å². The molecule has 0 atom stereocenters. The normalized spacial score (nSPS) is 16.3. The molecule has 0 saturated carbocycles. The highest BCUT2D eigenvalue weighted by molar-refractivity contribution is 6.30. The van der Waals surface area contributed by atoms with Crippen LogP contribution in [0.1, 0.15) is 18.4 Å². The molecule has 94 valence electrons. The molecule has 2 aromatic rings. The van der Waals surface area contributed by atoms with Crippen molar-refractivity contribution in [2.75, 3.05) is 13.1 Å². The van der Waals surface area contributed by atoms with Crippen LogP contribution in [0.25, 0.3) is 11.3 Å². The lowest BCUT2D eigenvalue weighted by atomic mass is 10.1. The van der Waals surface area contributed by atoms with E-state index < -0.39 is 0 Å².